The quantitative estimate of drug-likeness (QED) is 0.679. The Labute approximate surface area is 146 Å². The minimum absolute atomic E-state index is 0.0644. The summed E-state index contributed by atoms with van der Waals surface area (Å²) in [5.74, 6) is 0.409. The van der Waals surface area contributed by atoms with Gasteiger partial charge in [0, 0.05) is 17.5 Å². The fourth-order valence-corrected chi connectivity index (χ4v) is 2.24. The molecule has 0 spiro atoms. The van der Waals surface area contributed by atoms with Gasteiger partial charge in [-0.05, 0) is 36.4 Å². The highest BCUT2D eigenvalue weighted by molar-refractivity contribution is 5.92. The molecule has 0 radical (unpaired) electrons. The predicted molar refractivity (Wildman–Crippen MR) is 101 cm³/mol. The van der Waals surface area contributed by atoms with E-state index in [-0.39, 0.29) is 12.5 Å². The fraction of sp³-hybridized carbons (Fsp3) is 0.0476. The second-order valence-electron chi connectivity index (χ2n) is 5.33. The number of para-hydroxylation sites is 3. The number of aliphatic imine (C=N–C) groups is 1. The number of hydrogen-bond donors (Lipinski definition) is 1. The lowest BCUT2D eigenvalue weighted by molar-refractivity contribution is -0.118. The summed E-state index contributed by atoms with van der Waals surface area (Å²) in [5.41, 5.74) is 2.42. The lowest BCUT2D eigenvalue weighted by Crippen LogP contribution is -2.20. The number of nitrogens with zero attached hydrogens (tertiary/aromatic N) is 1. The van der Waals surface area contributed by atoms with Crippen molar-refractivity contribution in [3.05, 3.63) is 90.5 Å². The molecule has 3 rings (SSSR count). The molecule has 0 saturated carbocycles. The highest BCUT2D eigenvalue weighted by Gasteiger charge is 2.06. The summed E-state index contributed by atoms with van der Waals surface area (Å²) in [6.45, 7) is -0.0644. The van der Waals surface area contributed by atoms with Gasteiger partial charge in [0.1, 0.15) is 5.75 Å². The van der Waals surface area contributed by atoms with Crippen LogP contribution in [0.15, 0.2) is 89.9 Å². The third-order valence-electron chi connectivity index (χ3n) is 3.44. The van der Waals surface area contributed by atoms with Crippen molar-refractivity contribution in [1.82, 2.24) is 0 Å². The minimum atomic E-state index is -0.207. The van der Waals surface area contributed by atoms with E-state index in [0.717, 1.165) is 16.9 Å². The summed E-state index contributed by atoms with van der Waals surface area (Å²) >= 11 is 0. The van der Waals surface area contributed by atoms with Crippen molar-refractivity contribution < 1.29 is 9.53 Å². The molecule has 0 saturated heterocycles. The smallest absolute Gasteiger partial charge is 0.262 e. The number of hydrogen-bond acceptors (Lipinski definition) is 3. The van der Waals surface area contributed by atoms with E-state index in [1.165, 1.54) is 0 Å². The molecule has 25 heavy (non-hydrogen) atoms. The molecule has 0 aliphatic heterocycles. The van der Waals surface area contributed by atoms with Gasteiger partial charge in [-0.3, -0.25) is 9.79 Å². The van der Waals surface area contributed by atoms with E-state index in [1.54, 1.807) is 6.21 Å². The number of rotatable bonds is 6. The van der Waals surface area contributed by atoms with Crippen LogP contribution in [0.2, 0.25) is 0 Å². The molecule has 0 aliphatic carbocycles. The zero-order valence-electron chi connectivity index (χ0n) is 13.6. The molecule has 4 nitrogen and oxygen atoms in total. The molecule has 1 amide bonds. The van der Waals surface area contributed by atoms with Gasteiger partial charge in [-0.2, -0.15) is 0 Å². The van der Waals surface area contributed by atoms with Gasteiger partial charge < -0.3 is 10.1 Å². The van der Waals surface area contributed by atoms with Gasteiger partial charge in [0.05, 0.1) is 5.69 Å². The Bertz CT molecular complexity index is 846. The molecule has 3 aromatic rings. The average molecular weight is 330 g/mol. The van der Waals surface area contributed by atoms with Gasteiger partial charge in [0.15, 0.2) is 6.61 Å². The number of carbonyl (C=O) groups is 1. The molecule has 3 aromatic carbocycles. The summed E-state index contributed by atoms with van der Waals surface area (Å²) in [4.78, 5) is 16.4. The van der Waals surface area contributed by atoms with Gasteiger partial charge in [-0.15, -0.1) is 0 Å². The van der Waals surface area contributed by atoms with E-state index >= 15 is 0 Å². The van der Waals surface area contributed by atoms with Crippen LogP contribution in [0.1, 0.15) is 5.56 Å². The first kappa shape index (κ1) is 16.5. The molecule has 0 aliphatic rings. The van der Waals surface area contributed by atoms with Crippen LogP contribution in [0.3, 0.4) is 0 Å². The monoisotopic (exact) mass is 330 g/mol. The lowest BCUT2D eigenvalue weighted by atomic mass is 10.2. The van der Waals surface area contributed by atoms with Gasteiger partial charge in [-0.25, -0.2) is 0 Å². The van der Waals surface area contributed by atoms with Gasteiger partial charge in [0.2, 0.25) is 0 Å². The average Bonchev–Trinajstić information content (AvgIpc) is 2.67. The van der Waals surface area contributed by atoms with Crippen LogP contribution in [0.4, 0.5) is 11.4 Å². The highest BCUT2D eigenvalue weighted by atomic mass is 16.5. The number of carbonyl (C=O) groups excluding carboxylic acids is 1. The first-order valence-corrected chi connectivity index (χ1v) is 7.97. The van der Waals surface area contributed by atoms with Crippen molar-refractivity contribution >= 4 is 23.5 Å². The van der Waals surface area contributed by atoms with E-state index in [4.69, 9.17) is 4.74 Å². The number of ether oxygens (including phenoxy) is 1. The minimum Gasteiger partial charge on any atom is -0.483 e. The molecule has 0 fully saturated rings. The SMILES string of the molecule is O=C(COc1ccccc1C=Nc1ccccc1)Nc1ccccc1. The zero-order valence-corrected chi connectivity index (χ0v) is 13.6. The standard InChI is InChI=1S/C21H18N2O2/c24-21(23-19-12-5-2-6-13-19)16-25-20-14-8-7-9-17(20)15-22-18-10-3-1-4-11-18/h1-15H,16H2,(H,23,24). The Morgan fingerprint density at radius 1 is 0.880 bits per heavy atom. The molecule has 0 bridgehead atoms. The van der Waals surface area contributed by atoms with Crippen LogP contribution in [0, 0.1) is 0 Å². The van der Waals surface area contributed by atoms with Crippen molar-refractivity contribution in [2.45, 2.75) is 0 Å². The van der Waals surface area contributed by atoms with Crippen molar-refractivity contribution in [2.24, 2.45) is 4.99 Å². The third-order valence-corrected chi connectivity index (χ3v) is 3.44. The highest BCUT2D eigenvalue weighted by Crippen LogP contribution is 2.18. The van der Waals surface area contributed by atoms with Gasteiger partial charge in [0.25, 0.3) is 5.91 Å². The number of anilines is 1. The van der Waals surface area contributed by atoms with Gasteiger partial charge in [-0.1, -0.05) is 48.5 Å². The molecular weight excluding hydrogens is 312 g/mol. The molecule has 4 heteroatoms. The zero-order chi connectivity index (χ0) is 17.3. The maximum absolute atomic E-state index is 12.0. The summed E-state index contributed by atoms with van der Waals surface area (Å²) < 4.78 is 5.66. The van der Waals surface area contributed by atoms with Crippen LogP contribution in [0.5, 0.6) is 5.75 Å². The first-order chi connectivity index (χ1) is 12.3. The number of benzene rings is 3. The molecule has 0 atom stereocenters. The van der Waals surface area contributed by atoms with Crippen LogP contribution in [0.25, 0.3) is 0 Å². The molecule has 0 unspecified atom stereocenters. The van der Waals surface area contributed by atoms with E-state index in [0.29, 0.717) is 5.75 Å². The van der Waals surface area contributed by atoms with E-state index in [1.807, 2.05) is 84.9 Å². The second-order valence-corrected chi connectivity index (χ2v) is 5.33. The Hall–Kier alpha value is -3.40. The molecule has 0 aromatic heterocycles. The van der Waals surface area contributed by atoms with E-state index < -0.39 is 0 Å². The third kappa shape index (κ3) is 5.04. The van der Waals surface area contributed by atoms with Crippen molar-refractivity contribution in [3.8, 4) is 5.75 Å². The Morgan fingerprint density at radius 2 is 1.52 bits per heavy atom. The summed E-state index contributed by atoms with van der Waals surface area (Å²) in [6.07, 6.45) is 1.74. The van der Waals surface area contributed by atoms with Crippen molar-refractivity contribution in [3.63, 3.8) is 0 Å². The fourth-order valence-electron chi connectivity index (χ4n) is 2.24. The molecule has 124 valence electrons. The summed E-state index contributed by atoms with van der Waals surface area (Å²) in [6, 6.07) is 26.4. The first-order valence-electron chi connectivity index (χ1n) is 7.97. The topological polar surface area (TPSA) is 50.7 Å². The lowest BCUT2D eigenvalue weighted by Gasteiger charge is -2.09. The number of nitrogens with one attached hydrogen (secondary N) is 1. The van der Waals surface area contributed by atoms with Crippen LogP contribution < -0.4 is 10.1 Å². The maximum atomic E-state index is 12.0. The summed E-state index contributed by atoms with van der Waals surface area (Å²) in [7, 11) is 0. The van der Waals surface area contributed by atoms with E-state index in [2.05, 4.69) is 10.3 Å². The Morgan fingerprint density at radius 3 is 2.28 bits per heavy atom. The molecular formula is C21H18N2O2. The normalized spacial score (nSPS) is 10.6. The number of amides is 1. The Kier molecular flexibility index (Phi) is 5.56. The molecule has 1 N–H and O–H groups in total. The van der Waals surface area contributed by atoms with Crippen molar-refractivity contribution in [2.75, 3.05) is 11.9 Å². The largest absolute Gasteiger partial charge is 0.483 e. The van der Waals surface area contributed by atoms with Gasteiger partial charge >= 0.3 is 0 Å². The summed E-state index contributed by atoms with van der Waals surface area (Å²) in [5, 5.41) is 2.79. The second kappa shape index (κ2) is 8.45. The van der Waals surface area contributed by atoms with Crippen LogP contribution in [-0.4, -0.2) is 18.7 Å². The molecule has 0 heterocycles. The maximum Gasteiger partial charge on any atom is 0.262 e. The predicted octanol–water partition coefficient (Wildman–Crippen LogP) is 4.45. The van der Waals surface area contributed by atoms with Crippen molar-refractivity contribution in [1.29, 1.82) is 0 Å². The van der Waals surface area contributed by atoms with E-state index in [9.17, 15) is 4.79 Å². The Balaban J connectivity index is 1.63. The van der Waals surface area contributed by atoms with Crippen LogP contribution >= 0.6 is 0 Å². The van der Waals surface area contributed by atoms with Crippen LogP contribution in [-0.2, 0) is 4.79 Å².